The lowest BCUT2D eigenvalue weighted by atomic mass is 10.0. The van der Waals surface area contributed by atoms with Gasteiger partial charge in [-0.05, 0) is 24.0 Å². The number of carbonyl (C=O) groups excluding carboxylic acids is 2. The maximum absolute atomic E-state index is 13.2. The molecule has 5 nitrogen and oxygen atoms in total. The molecule has 3 aliphatic heterocycles. The van der Waals surface area contributed by atoms with E-state index in [4.69, 9.17) is 4.74 Å². The van der Waals surface area contributed by atoms with Crippen molar-refractivity contribution in [2.24, 2.45) is 0 Å². The van der Waals surface area contributed by atoms with Gasteiger partial charge in [0.2, 0.25) is 12.1 Å². The quantitative estimate of drug-likeness (QED) is 0.852. The van der Waals surface area contributed by atoms with Gasteiger partial charge in [-0.3, -0.25) is 9.59 Å². The van der Waals surface area contributed by atoms with Crippen LogP contribution in [0, 0.1) is 0 Å². The van der Waals surface area contributed by atoms with E-state index in [0.717, 1.165) is 17.5 Å². The summed E-state index contributed by atoms with van der Waals surface area (Å²) in [5.41, 5.74) is 2.02. The average Bonchev–Trinajstić information content (AvgIpc) is 2.66. The van der Waals surface area contributed by atoms with E-state index in [2.05, 4.69) is 0 Å². The zero-order valence-electron chi connectivity index (χ0n) is 14.6. The van der Waals surface area contributed by atoms with Gasteiger partial charge in [-0.1, -0.05) is 60.7 Å². The maximum atomic E-state index is 13.2. The molecule has 3 aliphatic rings. The monoisotopic (exact) mass is 350 g/mol. The molecule has 2 atom stereocenters. The molecule has 0 saturated carbocycles. The fourth-order valence-electron chi connectivity index (χ4n) is 3.69. The predicted octanol–water partition coefficient (Wildman–Crippen LogP) is 2.56. The van der Waals surface area contributed by atoms with Gasteiger partial charge >= 0.3 is 0 Å². The van der Waals surface area contributed by atoms with E-state index in [1.54, 1.807) is 9.80 Å². The van der Waals surface area contributed by atoms with Crippen LogP contribution < -0.4 is 0 Å². The number of piperazine rings is 1. The summed E-state index contributed by atoms with van der Waals surface area (Å²) in [7, 11) is 0. The average molecular weight is 350 g/mol. The van der Waals surface area contributed by atoms with Crippen LogP contribution in [0.25, 0.3) is 0 Å². The SMILES string of the molecule is O=C1[C@@H]2CCCOC(C(=O)N2Cc2ccccc2)N1Cc1ccccc1. The van der Waals surface area contributed by atoms with Crippen LogP contribution in [0.5, 0.6) is 0 Å². The fourth-order valence-corrected chi connectivity index (χ4v) is 3.69. The highest BCUT2D eigenvalue weighted by molar-refractivity contribution is 5.96. The fraction of sp³-hybridized carbons (Fsp3) is 0.333. The molecule has 0 aromatic heterocycles. The number of fused-ring (bicyclic) bond motifs is 5. The van der Waals surface area contributed by atoms with E-state index in [-0.39, 0.29) is 11.8 Å². The Kier molecular flexibility index (Phi) is 4.71. The van der Waals surface area contributed by atoms with Crippen LogP contribution in [-0.2, 0) is 27.4 Å². The molecule has 0 spiro atoms. The standard InChI is InChI=1S/C21H22N2O3/c24-19-18-12-7-13-26-21(23(19)15-17-10-5-2-6-11-17)20(25)22(18)14-16-8-3-1-4-9-16/h1-6,8-11,18,21H,7,12-15H2/t18-,21?/m0/s1. The van der Waals surface area contributed by atoms with E-state index in [1.165, 1.54) is 0 Å². The van der Waals surface area contributed by atoms with Gasteiger partial charge in [0, 0.05) is 19.7 Å². The molecule has 2 bridgehead atoms. The van der Waals surface area contributed by atoms with Gasteiger partial charge in [0.05, 0.1) is 0 Å². The van der Waals surface area contributed by atoms with Crippen molar-refractivity contribution >= 4 is 11.8 Å². The summed E-state index contributed by atoms with van der Waals surface area (Å²) in [5, 5.41) is 0. The molecule has 134 valence electrons. The van der Waals surface area contributed by atoms with Gasteiger partial charge in [-0.15, -0.1) is 0 Å². The number of benzene rings is 2. The van der Waals surface area contributed by atoms with Crippen LogP contribution in [0.2, 0.25) is 0 Å². The van der Waals surface area contributed by atoms with E-state index in [0.29, 0.717) is 26.1 Å². The minimum absolute atomic E-state index is 0.0194. The Hall–Kier alpha value is -2.66. The van der Waals surface area contributed by atoms with Gasteiger partial charge in [0.15, 0.2) is 0 Å². The van der Waals surface area contributed by atoms with Crippen LogP contribution in [0.4, 0.5) is 0 Å². The third-order valence-corrected chi connectivity index (χ3v) is 5.01. The second-order valence-electron chi connectivity index (χ2n) is 6.78. The molecule has 2 amide bonds. The Labute approximate surface area is 153 Å². The van der Waals surface area contributed by atoms with Crippen molar-refractivity contribution < 1.29 is 14.3 Å². The zero-order valence-corrected chi connectivity index (χ0v) is 14.6. The molecule has 3 fully saturated rings. The lowest BCUT2D eigenvalue weighted by molar-refractivity contribution is -0.190. The van der Waals surface area contributed by atoms with Gasteiger partial charge in [-0.25, -0.2) is 0 Å². The van der Waals surface area contributed by atoms with E-state index in [9.17, 15) is 9.59 Å². The summed E-state index contributed by atoms with van der Waals surface area (Å²) in [5.74, 6) is -0.136. The summed E-state index contributed by atoms with van der Waals surface area (Å²) >= 11 is 0. The molecule has 0 N–H and O–H groups in total. The number of hydrogen-bond acceptors (Lipinski definition) is 3. The molecule has 2 aromatic carbocycles. The number of carbonyl (C=O) groups is 2. The normalized spacial score (nSPS) is 23.1. The van der Waals surface area contributed by atoms with Crippen LogP contribution in [0.1, 0.15) is 24.0 Å². The van der Waals surface area contributed by atoms with Gasteiger partial charge in [0.1, 0.15) is 6.04 Å². The van der Waals surface area contributed by atoms with Crippen molar-refractivity contribution in [3.63, 3.8) is 0 Å². The second-order valence-corrected chi connectivity index (χ2v) is 6.78. The Morgan fingerprint density at radius 3 is 2.00 bits per heavy atom. The smallest absolute Gasteiger partial charge is 0.273 e. The molecule has 0 radical (unpaired) electrons. The number of hydrogen-bond donors (Lipinski definition) is 0. The zero-order chi connectivity index (χ0) is 17.9. The second kappa shape index (κ2) is 7.30. The van der Waals surface area contributed by atoms with Crippen molar-refractivity contribution in [1.29, 1.82) is 0 Å². The lowest BCUT2D eigenvalue weighted by Crippen LogP contribution is -2.65. The Morgan fingerprint density at radius 2 is 1.38 bits per heavy atom. The molecule has 26 heavy (non-hydrogen) atoms. The molecule has 0 aliphatic carbocycles. The summed E-state index contributed by atoms with van der Waals surface area (Å²) in [4.78, 5) is 29.6. The third-order valence-electron chi connectivity index (χ3n) is 5.01. The van der Waals surface area contributed by atoms with E-state index >= 15 is 0 Å². The summed E-state index contributed by atoms with van der Waals surface area (Å²) in [6, 6.07) is 19.1. The molecular formula is C21H22N2O3. The molecule has 3 heterocycles. The lowest BCUT2D eigenvalue weighted by Gasteiger charge is -2.46. The molecule has 5 rings (SSSR count). The number of amides is 2. The molecule has 5 heteroatoms. The number of rotatable bonds is 4. The van der Waals surface area contributed by atoms with Gasteiger partial charge < -0.3 is 14.5 Å². The third kappa shape index (κ3) is 3.22. The van der Waals surface area contributed by atoms with Gasteiger partial charge in [0.25, 0.3) is 5.91 Å². The molecule has 2 aromatic rings. The molecule has 3 saturated heterocycles. The number of ether oxygens (including phenoxy) is 1. The van der Waals surface area contributed by atoms with Crippen molar-refractivity contribution in [3.05, 3.63) is 71.8 Å². The Balaban J connectivity index is 1.61. The first-order chi connectivity index (χ1) is 12.7. The minimum Gasteiger partial charge on any atom is -0.349 e. The first kappa shape index (κ1) is 16.8. The summed E-state index contributed by atoms with van der Waals surface area (Å²) in [6.07, 6.45) is 0.586. The summed E-state index contributed by atoms with van der Waals surface area (Å²) in [6.45, 7) is 1.34. The van der Waals surface area contributed by atoms with Crippen molar-refractivity contribution in [2.45, 2.75) is 38.2 Å². The summed E-state index contributed by atoms with van der Waals surface area (Å²) < 4.78 is 5.82. The minimum atomic E-state index is -0.831. The van der Waals surface area contributed by atoms with Gasteiger partial charge in [-0.2, -0.15) is 0 Å². The van der Waals surface area contributed by atoms with Crippen LogP contribution in [-0.4, -0.2) is 40.5 Å². The van der Waals surface area contributed by atoms with E-state index in [1.807, 2.05) is 60.7 Å². The van der Waals surface area contributed by atoms with Crippen LogP contribution in [0.15, 0.2) is 60.7 Å². The van der Waals surface area contributed by atoms with Crippen molar-refractivity contribution in [1.82, 2.24) is 9.80 Å². The Bertz CT molecular complexity index is 711. The van der Waals surface area contributed by atoms with Crippen LogP contribution >= 0.6 is 0 Å². The molecule has 1 unspecified atom stereocenters. The highest BCUT2D eigenvalue weighted by atomic mass is 16.5. The number of nitrogens with zero attached hydrogens (tertiary/aromatic N) is 2. The van der Waals surface area contributed by atoms with Crippen molar-refractivity contribution in [3.8, 4) is 0 Å². The van der Waals surface area contributed by atoms with Crippen LogP contribution in [0.3, 0.4) is 0 Å². The topological polar surface area (TPSA) is 49.9 Å². The molecular weight excluding hydrogens is 328 g/mol. The predicted molar refractivity (Wildman–Crippen MR) is 96.7 cm³/mol. The van der Waals surface area contributed by atoms with E-state index < -0.39 is 12.3 Å². The highest BCUT2D eigenvalue weighted by Crippen LogP contribution is 2.28. The highest BCUT2D eigenvalue weighted by Gasteiger charge is 2.47. The first-order valence-corrected chi connectivity index (χ1v) is 9.04. The van der Waals surface area contributed by atoms with Crippen molar-refractivity contribution in [2.75, 3.05) is 6.61 Å². The maximum Gasteiger partial charge on any atom is 0.273 e. The first-order valence-electron chi connectivity index (χ1n) is 9.04. The largest absolute Gasteiger partial charge is 0.349 e. The Morgan fingerprint density at radius 1 is 0.808 bits per heavy atom.